The van der Waals surface area contributed by atoms with Crippen LogP contribution in [-0.2, 0) is 11.2 Å². The molecule has 0 saturated heterocycles. The van der Waals surface area contributed by atoms with E-state index >= 15 is 0 Å². The van der Waals surface area contributed by atoms with Crippen LogP contribution in [0, 0.1) is 0 Å². The van der Waals surface area contributed by atoms with Crippen LogP contribution in [0.4, 0.5) is 5.69 Å². The molecule has 1 aliphatic rings. The number of amides is 1. The number of hydrogen-bond donors (Lipinski definition) is 1. The van der Waals surface area contributed by atoms with E-state index in [9.17, 15) is 4.79 Å². The van der Waals surface area contributed by atoms with Gasteiger partial charge >= 0.3 is 0 Å². The van der Waals surface area contributed by atoms with Gasteiger partial charge in [-0.3, -0.25) is 9.36 Å². The minimum absolute atomic E-state index is 0.0149. The summed E-state index contributed by atoms with van der Waals surface area (Å²) in [5.74, 6) is 1.23. The Balaban J connectivity index is 1.46. The van der Waals surface area contributed by atoms with Crippen molar-refractivity contribution in [2.24, 2.45) is 0 Å². The van der Waals surface area contributed by atoms with Crippen molar-refractivity contribution in [1.29, 1.82) is 0 Å². The van der Waals surface area contributed by atoms with Crippen LogP contribution in [0.2, 0.25) is 0 Å². The fourth-order valence-corrected chi connectivity index (χ4v) is 4.39. The van der Waals surface area contributed by atoms with Gasteiger partial charge in [0.05, 0.1) is 10.6 Å². The van der Waals surface area contributed by atoms with Crippen molar-refractivity contribution in [3.8, 4) is 10.7 Å². The molecule has 1 fully saturated rings. The average Bonchev–Trinajstić information content (AvgIpc) is 3.18. The summed E-state index contributed by atoms with van der Waals surface area (Å²) in [6, 6.07) is 12.5. The number of anilines is 1. The number of carbonyl (C=O) groups is 1. The Morgan fingerprint density at radius 3 is 2.85 bits per heavy atom. The van der Waals surface area contributed by atoms with E-state index in [0.29, 0.717) is 11.8 Å². The van der Waals surface area contributed by atoms with E-state index in [1.54, 1.807) is 11.3 Å². The van der Waals surface area contributed by atoms with E-state index in [0.717, 1.165) is 46.4 Å². The summed E-state index contributed by atoms with van der Waals surface area (Å²) in [5.41, 5.74) is 2.04. The molecule has 0 atom stereocenters. The smallest absolute Gasteiger partial charge is 0.234 e. The van der Waals surface area contributed by atoms with Gasteiger partial charge in [-0.15, -0.1) is 21.5 Å². The zero-order valence-corrected chi connectivity index (χ0v) is 16.1. The normalized spacial score (nSPS) is 13.7. The number of benzene rings is 1. The molecular weight excluding hydrogens is 364 g/mol. The number of aryl methyl sites for hydroxylation is 1. The molecule has 0 unspecified atom stereocenters. The van der Waals surface area contributed by atoms with Crippen molar-refractivity contribution in [2.45, 2.75) is 37.4 Å². The average molecular weight is 385 g/mol. The van der Waals surface area contributed by atoms with Gasteiger partial charge in [-0.1, -0.05) is 43.0 Å². The van der Waals surface area contributed by atoms with Gasteiger partial charge in [-0.25, -0.2) is 0 Å². The number of thiophene rings is 1. The van der Waals surface area contributed by atoms with E-state index < -0.39 is 0 Å². The first kappa shape index (κ1) is 17.3. The maximum absolute atomic E-state index is 12.4. The Kier molecular flexibility index (Phi) is 5.08. The molecule has 0 radical (unpaired) electrons. The van der Waals surface area contributed by atoms with E-state index in [-0.39, 0.29) is 5.91 Å². The minimum Gasteiger partial charge on any atom is -0.325 e. The van der Waals surface area contributed by atoms with Crippen LogP contribution >= 0.6 is 23.1 Å². The van der Waals surface area contributed by atoms with E-state index in [1.807, 2.05) is 35.7 Å². The fourth-order valence-electron chi connectivity index (χ4n) is 2.88. The van der Waals surface area contributed by atoms with Gasteiger partial charge in [0, 0.05) is 11.7 Å². The summed E-state index contributed by atoms with van der Waals surface area (Å²) in [6.07, 6.45) is 3.20. The SMILES string of the molecule is CCc1ccccc1NC(=O)CSc1nnc(-c2cccs2)n1C1CC1. The van der Waals surface area contributed by atoms with Crippen LogP contribution in [0.3, 0.4) is 0 Å². The molecule has 0 bridgehead atoms. The second-order valence-corrected chi connectivity index (χ2v) is 8.12. The van der Waals surface area contributed by atoms with Gasteiger partial charge in [0.1, 0.15) is 0 Å². The molecular formula is C19H20N4OS2. The molecule has 1 saturated carbocycles. The lowest BCUT2D eigenvalue weighted by molar-refractivity contribution is -0.113. The summed E-state index contributed by atoms with van der Waals surface area (Å²) in [7, 11) is 0. The van der Waals surface area contributed by atoms with Gasteiger partial charge in [-0.2, -0.15) is 0 Å². The summed E-state index contributed by atoms with van der Waals surface area (Å²) >= 11 is 3.12. The molecule has 2 heterocycles. The summed E-state index contributed by atoms with van der Waals surface area (Å²) < 4.78 is 2.20. The summed E-state index contributed by atoms with van der Waals surface area (Å²) in [6.45, 7) is 2.09. The van der Waals surface area contributed by atoms with Crippen LogP contribution in [0.1, 0.15) is 31.4 Å². The highest BCUT2D eigenvalue weighted by molar-refractivity contribution is 7.99. The first-order valence-electron chi connectivity index (χ1n) is 8.75. The fraction of sp³-hybridized carbons (Fsp3) is 0.316. The zero-order valence-electron chi connectivity index (χ0n) is 14.5. The number of thioether (sulfide) groups is 1. The molecule has 0 aliphatic heterocycles. The zero-order chi connectivity index (χ0) is 17.9. The molecule has 7 heteroatoms. The van der Waals surface area contributed by atoms with Gasteiger partial charge in [-0.05, 0) is 42.3 Å². The van der Waals surface area contributed by atoms with Crippen LogP contribution in [0.5, 0.6) is 0 Å². The summed E-state index contributed by atoms with van der Waals surface area (Å²) in [4.78, 5) is 13.5. The van der Waals surface area contributed by atoms with Crippen LogP contribution in [-0.4, -0.2) is 26.4 Å². The highest BCUT2D eigenvalue weighted by Gasteiger charge is 2.30. The van der Waals surface area contributed by atoms with Crippen LogP contribution in [0.25, 0.3) is 10.7 Å². The number of rotatable bonds is 7. The van der Waals surface area contributed by atoms with E-state index in [2.05, 4.69) is 33.1 Å². The van der Waals surface area contributed by atoms with Gasteiger partial charge in [0.25, 0.3) is 0 Å². The Morgan fingerprint density at radius 2 is 2.12 bits per heavy atom. The van der Waals surface area contributed by atoms with Crippen molar-refractivity contribution < 1.29 is 4.79 Å². The second kappa shape index (κ2) is 7.63. The number of nitrogens with one attached hydrogen (secondary N) is 1. The number of nitrogens with zero attached hydrogens (tertiary/aromatic N) is 3. The molecule has 4 rings (SSSR count). The van der Waals surface area contributed by atoms with E-state index in [1.165, 1.54) is 11.8 Å². The quantitative estimate of drug-likeness (QED) is 0.603. The monoisotopic (exact) mass is 384 g/mol. The third-order valence-corrected chi connectivity index (χ3v) is 6.13. The largest absolute Gasteiger partial charge is 0.325 e. The van der Waals surface area contributed by atoms with Crippen molar-refractivity contribution in [3.05, 3.63) is 47.3 Å². The Morgan fingerprint density at radius 1 is 1.27 bits per heavy atom. The lowest BCUT2D eigenvalue weighted by Gasteiger charge is -2.10. The number of hydrogen-bond acceptors (Lipinski definition) is 5. The highest BCUT2D eigenvalue weighted by atomic mass is 32.2. The molecule has 1 amide bonds. The standard InChI is InChI=1S/C19H20N4OS2/c1-2-13-6-3-4-7-15(13)20-17(24)12-26-19-22-21-18(16-8-5-11-25-16)23(19)14-9-10-14/h3-8,11,14H,2,9-10,12H2,1H3,(H,20,24). The minimum atomic E-state index is -0.0149. The van der Waals surface area contributed by atoms with Crippen molar-refractivity contribution in [1.82, 2.24) is 14.8 Å². The molecule has 1 N–H and O–H groups in total. The molecule has 1 aromatic carbocycles. The van der Waals surface area contributed by atoms with Gasteiger partial charge in [0.2, 0.25) is 5.91 Å². The van der Waals surface area contributed by atoms with E-state index in [4.69, 9.17) is 0 Å². The highest BCUT2D eigenvalue weighted by Crippen LogP contribution is 2.41. The predicted molar refractivity (Wildman–Crippen MR) is 107 cm³/mol. The maximum Gasteiger partial charge on any atom is 0.234 e. The molecule has 2 aromatic heterocycles. The Hall–Kier alpha value is -2.12. The first-order chi connectivity index (χ1) is 12.8. The lowest BCUT2D eigenvalue weighted by Crippen LogP contribution is -2.15. The number of aromatic nitrogens is 3. The van der Waals surface area contributed by atoms with Gasteiger partial charge in [0.15, 0.2) is 11.0 Å². The van der Waals surface area contributed by atoms with Crippen molar-refractivity contribution >= 4 is 34.7 Å². The Bertz CT molecular complexity index is 900. The second-order valence-electron chi connectivity index (χ2n) is 6.23. The third kappa shape index (κ3) is 3.68. The van der Waals surface area contributed by atoms with Gasteiger partial charge < -0.3 is 5.32 Å². The summed E-state index contributed by atoms with van der Waals surface area (Å²) in [5, 5.41) is 14.6. The van der Waals surface area contributed by atoms with Crippen LogP contribution in [0.15, 0.2) is 46.9 Å². The molecule has 26 heavy (non-hydrogen) atoms. The molecule has 134 valence electrons. The third-order valence-electron chi connectivity index (χ3n) is 4.32. The molecule has 5 nitrogen and oxygen atoms in total. The predicted octanol–water partition coefficient (Wildman–Crippen LogP) is 4.63. The lowest BCUT2D eigenvalue weighted by atomic mass is 10.1. The molecule has 0 spiro atoms. The van der Waals surface area contributed by atoms with Crippen molar-refractivity contribution in [3.63, 3.8) is 0 Å². The first-order valence-corrected chi connectivity index (χ1v) is 10.6. The van der Waals surface area contributed by atoms with Crippen LogP contribution < -0.4 is 5.32 Å². The van der Waals surface area contributed by atoms with Crippen molar-refractivity contribution in [2.75, 3.05) is 11.1 Å². The molecule has 1 aliphatic carbocycles. The Labute approximate surface area is 160 Å². The topological polar surface area (TPSA) is 59.8 Å². The maximum atomic E-state index is 12.4. The number of para-hydroxylation sites is 1. The number of carbonyl (C=O) groups excluding carboxylic acids is 1. The molecule has 3 aromatic rings.